The highest BCUT2D eigenvalue weighted by Gasteiger charge is 2.29. The molecule has 33 heavy (non-hydrogen) atoms. The summed E-state index contributed by atoms with van der Waals surface area (Å²) >= 11 is 1.46. The Labute approximate surface area is 196 Å². The van der Waals surface area contributed by atoms with Crippen LogP contribution in [0.4, 0.5) is 13.2 Å². The molecule has 0 atom stereocenters. The van der Waals surface area contributed by atoms with Crippen LogP contribution in [0.3, 0.4) is 0 Å². The van der Waals surface area contributed by atoms with Gasteiger partial charge in [0.2, 0.25) is 0 Å². The van der Waals surface area contributed by atoms with Crippen molar-refractivity contribution in [3.05, 3.63) is 33.1 Å². The third-order valence-corrected chi connectivity index (χ3v) is 8.07. The minimum absolute atomic E-state index is 0.00898. The number of aromatic nitrogens is 2. The molecule has 0 saturated heterocycles. The molecule has 4 rings (SSSR count). The number of hydrogen-bond acceptors (Lipinski definition) is 6. The number of carbonyl (C=O) groups is 1. The van der Waals surface area contributed by atoms with Gasteiger partial charge in [-0.05, 0) is 51.0 Å². The van der Waals surface area contributed by atoms with Gasteiger partial charge < -0.3 is 4.52 Å². The van der Waals surface area contributed by atoms with Crippen molar-refractivity contribution in [1.29, 1.82) is 0 Å². The SMILES string of the molecule is Cc1cc(CC(=O)CC2CCC(CCN3CCc4sc(CCC(F)(F)F)nc4C3)CC2)on1. The van der Waals surface area contributed by atoms with E-state index in [2.05, 4.69) is 15.0 Å². The summed E-state index contributed by atoms with van der Waals surface area (Å²) in [5.41, 5.74) is 1.78. The third kappa shape index (κ3) is 7.37. The third-order valence-electron chi connectivity index (χ3n) is 6.86. The second-order valence-electron chi connectivity index (χ2n) is 9.65. The lowest BCUT2D eigenvalue weighted by Gasteiger charge is -2.31. The first-order chi connectivity index (χ1) is 15.7. The Morgan fingerprint density at radius 1 is 1.24 bits per heavy atom. The van der Waals surface area contributed by atoms with Crippen molar-refractivity contribution >= 4 is 17.1 Å². The second kappa shape index (κ2) is 10.7. The minimum atomic E-state index is -4.12. The molecule has 0 spiro atoms. The van der Waals surface area contributed by atoms with E-state index in [1.807, 2.05) is 13.0 Å². The molecule has 182 valence electrons. The van der Waals surface area contributed by atoms with Crippen LogP contribution in [0.2, 0.25) is 0 Å². The number of thiazole rings is 1. The van der Waals surface area contributed by atoms with Gasteiger partial charge in [-0.2, -0.15) is 13.2 Å². The lowest BCUT2D eigenvalue weighted by atomic mass is 9.78. The summed E-state index contributed by atoms with van der Waals surface area (Å²) in [5, 5.41) is 4.46. The summed E-state index contributed by atoms with van der Waals surface area (Å²) in [7, 11) is 0. The summed E-state index contributed by atoms with van der Waals surface area (Å²) in [6, 6.07) is 1.83. The van der Waals surface area contributed by atoms with Gasteiger partial charge in [-0.15, -0.1) is 11.3 Å². The summed E-state index contributed by atoms with van der Waals surface area (Å²) < 4.78 is 42.6. The Kier molecular flexibility index (Phi) is 7.89. The molecule has 0 unspecified atom stereocenters. The van der Waals surface area contributed by atoms with E-state index in [4.69, 9.17) is 4.52 Å². The fraction of sp³-hybridized carbons (Fsp3) is 0.708. The fourth-order valence-electron chi connectivity index (χ4n) is 5.03. The number of alkyl halides is 3. The van der Waals surface area contributed by atoms with Gasteiger partial charge in [-0.1, -0.05) is 18.0 Å². The van der Waals surface area contributed by atoms with Crippen molar-refractivity contribution in [2.24, 2.45) is 11.8 Å². The maximum Gasteiger partial charge on any atom is 0.389 e. The number of Topliss-reactive ketones (excluding diaryl/α,β-unsaturated/α-hetero) is 1. The van der Waals surface area contributed by atoms with Crippen LogP contribution in [0.1, 0.15) is 72.0 Å². The highest BCUT2D eigenvalue weighted by molar-refractivity contribution is 7.11. The Hall–Kier alpha value is -1.74. The van der Waals surface area contributed by atoms with Crippen LogP contribution in [0.15, 0.2) is 10.6 Å². The normalized spacial score (nSPS) is 21.8. The maximum absolute atomic E-state index is 12.5. The van der Waals surface area contributed by atoms with Crippen LogP contribution >= 0.6 is 11.3 Å². The van der Waals surface area contributed by atoms with Gasteiger partial charge in [-0.25, -0.2) is 4.98 Å². The molecule has 1 fully saturated rings. The molecule has 3 heterocycles. The summed E-state index contributed by atoms with van der Waals surface area (Å²) in [6.07, 6.45) is 2.59. The molecular formula is C24H32F3N3O2S. The van der Waals surface area contributed by atoms with Crippen molar-refractivity contribution in [1.82, 2.24) is 15.0 Å². The van der Waals surface area contributed by atoms with E-state index >= 15 is 0 Å². The largest absolute Gasteiger partial charge is 0.389 e. The van der Waals surface area contributed by atoms with E-state index in [0.29, 0.717) is 35.4 Å². The predicted octanol–water partition coefficient (Wildman–Crippen LogP) is 5.69. The molecule has 0 radical (unpaired) electrons. The number of fused-ring (bicyclic) bond motifs is 1. The molecule has 5 nitrogen and oxygen atoms in total. The van der Waals surface area contributed by atoms with Crippen molar-refractivity contribution in [2.75, 3.05) is 13.1 Å². The summed E-state index contributed by atoms with van der Waals surface area (Å²) in [6.45, 7) is 4.57. The maximum atomic E-state index is 12.5. The van der Waals surface area contributed by atoms with E-state index < -0.39 is 12.6 Å². The van der Waals surface area contributed by atoms with Crippen molar-refractivity contribution in [2.45, 2.75) is 83.9 Å². The number of aryl methyl sites for hydroxylation is 2. The topological polar surface area (TPSA) is 59.2 Å². The van der Waals surface area contributed by atoms with E-state index in [1.165, 1.54) is 11.3 Å². The molecule has 0 aromatic carbocycles. The first-order valence-corrected chi connectivity index (χ1v) is 12.8. The highest BCUT2D eigenvalue weighted by Crippen LogP contribution is 2.34. The van der Waals surface area contributed by atoms with Crippen molar-refractivity contribution in [3.8, 4) is 0 Å². The summed E-state index contributed by atoms with van der Waals surface area (Å²) in [4.78, 5) is 20.4. The van der Waals surface area contributed by atoms with Gasteiger partial charge in [0.15, 0.2) is 0 Å². The molecule has 0 bridgehead atoms. The van der Waals surface area contributed by atoms with Gasteiger partial charge >= 0.3 is 6.18 Å². The number of hydrogen-bond donors (Lipinski definition) is 0. The van der Waals surface area contributed by atoms with Gasteiger partial charge in [0.05, 0.1) is 22.8 Å². The van der Waals surface area contributed by atoms with Crippen molar-refractivity contribution in [3.63, 3.8) is 0 Å². The minimum Gasteiger partial charge on any atom is -0.361 e. The Balaban J connectivity index is 1.15. The molecule has 9 heteroatoms. The zero-order chi connectivity index (χ0) is 23.4. The van der Waals surface area contributed by atoms with Crippen molar-refractivity contribution < 1.29 is 22.5 Å². The quantitative estimate of drug-likeness (QED) is 0.459. The van der Waals surface area contributed by atoms with Crippen LogP contribution in [0.5, 0.6) is 0 Å². The molecule has 1 aliphatic heterocycles. The van der Waals surface area contributed by atoms with E-state index in [1.54, 1.807) is 0 Å². The monoisotopic (exact) mass is 483 g/mol. The Morgan fingerprint density at radius 2 is 2.00 bits per heavy atom. The van der Waals surface area contributed by atoms with Crippen LogP contribution in [-0.4, -0.2) is 40.1 Å². The van der Waals surface area contributed by atoms with Crippen LogP contribution < -0.4 is 0 Å². The fourth-order valence-corrected chi connectivity index (χ4v) is 6.10. The molecule has 1 aliphatic carbocycles. The van der Waals surface area contributed by atoms with Crippen LogP contribution in [0, 0.1) is 18.8 Å². The zero-order valence-corrected chi connectivity index (χ0v) is 19.9. The van der Waals surface area contributed by atoms with Gasteiger partial charge in [0.1, 0.15) is 11.5 Å². The molecule has 2 aromatic heterocycles. The number of halogens is 3. The average molecular weight is 484 g/mol. The van der Waals surface area contributed by atoms with E-state index in [-0.39, 0.29) is 12.2 Å². The Morgan fingerprint density at radius 3 is 2.70 bits per heavy atom. The number of ketones is 1. The molecule has 0 amide bonds. The molecular weight excluding hydrogens is 451 g/mol. The average Bonchev–Trinajstić information content (AvgIpc) is 3.36. The number of carbonyl (C=O) groups excluding carboxylic acids is 1. The molecule has 2 aromatic rings. The van der Waals surface area contributed by atoms with Crippen LogP contribution in [0.25, 0.3) is 0 Å². The second-order valence-corrected chi connectivity index (χ2v) is 10.8. The van der Waals surface area contributed by atoms with Crippen LogP contribution in [-0.2, 0) is 30.6 Å². The van der Waals surface area contributed by atoms with E-state index in [0.717, 1.165) is 74.4 Å². The first kappa shape index (κ1) is 24.4. The highest BCUT2D eigenvalue weighted by atomic mass is 32.1. The molecule has 2 aliphatic rings. The lowest BCUT2D eigenvalue weighted by Crippen LogP contribution is -2.32. The van der Waals surface area contributed by atoms with Gasteiger partial charge in [0, 0.05) is 43.3 Å². The smallest absolute Gasteiger partial charge is 0.361 e. The zero-order valence-electron chi connectivity index (χ0n) is 19.1. The Bertz CT molecular complexity index is 932. The summed E-state index contributed by atoms with van der Waals surface area (Å²) in [5.74, 6) is 2.05. The number of nitrogens with zero attached hydrogens (tertiary/aromatic N) is 3. The number of rotatable bonds is 9. The molecule has 0 N–H and O–H groups in total. The standard InChI is InChI=1S/C24H32F3N3O2S/c1-16-12-20(32-29-16)14-19(31)13-18-4-2-17(3-5-18)7-10-30-11-8-22-21(15-30)28-23(33-22)6-9-24(25,26)27/h12,17-18H,2-11,13-15H2,1H3. The predicted molar refractivity (Wildman–Crippen MR) is 120 cm³/mol. The van der Waals surface area contributed by atoms with Gasteiger partial charge in [0.25, 0.3) is 0 Å². The van der Waals surface area contributed by atoms with E-state index in [9.17, 15) is 18.0 Å². The lowest BCUT2D eigenvalue weighted by molar-refractivity contribution is -0.134. The first-order valence-electron chi connectivity index (χ1n) is 11.9. The molecule has 1 saturated carbocycles. The van der Waals surface area contributed by atoms with Gasteiger partial charge in [-0.3, -0.25) is 9.69 Å².